The topological polar surface area (TPSA) is 64.4 Å². The molecule has 0 fully saturated rings. The molecule has 3 rings (SSSR count). The summed E-state index contributed by atoms with van der Waals surface area (Å²) in [4.78, 5) is 16.5. The van der Waals surface area contributed by atoms with Gasteiger partial charge in [-0.15, -0.1) is 0 Å². The van der Waals surface area contributed by atoms with Gasteiger partial charge in [-0.3, -0.25) is 4.79 Å². The number of hydrogen-bond donors (Lipinski definition) is 1. The molecule has 1 N–H and O–H groups in total. The SMILES string of the molecule is Cc1nc2cc(NC(=O)c3ccc(COCC(F)(F)F)cc3)ccc2o1. The number of anilines is 1. The average Bonchev–Trinajstić information content (AvgIpc) is 2.93. The van der Waals surface area contributed by atoms with E-state index in [1.807, 2.05) is 0 Å². The van der Waals surface area contributed by atoms with Crippen LogP contribution in [0.3, 0.4) is 0 Å². The first kappa shape index (κ1) is 17.9. The van der Waals surface area contributed by atoms with Gasteiger partial charge in [-0.25, -0.2) is 4.98 Å². The molecule has 0 saturated carbocycles. The number of alkyl halides is 3. The quantitative estimate of drug-likeness (QED) is 0.726. The maximum atomic E-state index is 12.3. The van der Waals surface area contributed by atoms with Crippen molar-refractivity contribution in [2.45, 2.75) is 19.7 Å². The third-order valence-corrected chi connectivity index (χ3v) is 3.50. The first-order valence-corrected chi connectivity index (χ1v) is 7.72. The van der Waals surface area contributed by atoms with Crippen molar-refractivity contribution in [3.8, 4) is 0 Å². The summed E-state index contributed by atoms with van der Waals surface area (Å²) < 4.78 is 46.1. The first-order chi connectivity index (χ1) is 12.3. The van der Waals surface area contributed by atoms with E-state index in [0.29, 0.717) is 33.8 Å². The van der Waals surface area contributed by atoms with E-state index in [2.05, 4.69) is 15.0 Å². The molecule has 0 aliphatic rings. The number of amides is 1. The summed E-state index contributed by atoms with van der Waals surface area (Å²) in [7, 11) is 0. The van der Waals surface area contributed by atoms with Crippen LogP contribution in [0.1, 0.15) is 21.8 Å². The predicted molar refractivity (Wildman–Crippen MR) is 88.9 cm³/mol. The third kappa shape index (κ3) is 4.60. The summed E-state index contributed by atoms with van der Waals surface area (Å²) in [5.41, 5.74) is 2.75. The zero-order valence-corrected chi connectivity index (χ0v) is 13.8. The van der Waals surface area contributed by atoms with Gasteiger partial charge in [0.2, 0.25) is 0 Å². The van der Waals surface area contributed by atoms with E-state index in [1.54, 1.807) is 37.3 Å². The van der Waals surface area contributed by atoms with Crippen LogP contribution in [0.15, 0.2) is 46.9 Å². The van der Waals surface area contributed by atoms with Gasteiger partial charge in [0.1, 0.15) is 12.1 Å². The monoisotopic (exact) mass is 364 g/mol. The van der Waals surface area contributed by atoms with E-state index in [9.17, 15) is 18.0 Å². The van der Waals surface area contributed by atoms with Crippen LogP contribution in [-0.2, 0) is 11.3 Å². The number of hydrogen-bond acceptors (Lipinski definition) is 4. The highest BCUT2D eigenvalue weighted by molar-refractivity contribution is 6.04. The lowest BCUT2D eigenvalue weighted by molar-refractivity contribution is -0.176. The molecule has 0 atom stereocenters. The number of carbonyl (C=O) groups excluding carboxylic acids is 1. The summed E-state index contributed by atoms with van der Waals surface area (Å²) in [6.45, 7) is 0.251. The number of fused-ring (bicyclic) bond motifs is 1. The lowest BCUT2D eigenvalue weighted by Crippen LogP contribution is -2.16. The number of oxazole rings is 1. The average molecular weight is 364 g/mol. The number of nitrogens with zero attached hydrogens (tertiary/aromatic N) is 1. The highest BCUT2D eigenvalue weighted by Crippen LogP contribution is 2.20. The van der Waals surface area contributed by atoms with E-state index >= 15 is 0 Å². The number of halogens is 3. The molecule has 2 aromatic carbocycles. The third-order valence-electron chi connectivity index (χ3n) is 3.50. The van der Waals surface area contributed by atoms with Crippen LogP contribution in [0.25, 0.3) is 11.1 Å². The standard InChI is InChI=1S/C18H15F3N2O3/c1-11-22-15-8-14(6-7-16(15)26-11)23-17(24)13-4-2-12(3-5-13)9-25-10-18(19,20)21/h2-8H,9-10H2,1H3,(H,23,24). The first-order valence-electron chi connectivity index (χ1n) is 7.72. The van der Waals surface area contributed by atoms with E-state index in [1.165, 1.54) is 12.1 Å². The molecular formula is C18H15F3N2O3. The zero-order valence-electron chi connectivity index (χ0n) is 13.8. The van der Waals surface area contributed by atoms with E-state index < -0.39 is 12.8 Å². The van der Waals surface area contributed by atoms with E-state index in [-0.39, 0.29) is 12.5 Å². The molecule has 5 nitrogen and oxygen atoms in total. The molecule has 0 spiro atoms. The Balaban J connectivity index is 1.61. The highest BCUT2D eigenvalue weighted by Gasteiger charge is 2.27. The highest BCUT2D eigenvalue weighted by atomic mass is 19.4. The number of rotatable bonds is 5. The molecular weight excluding hydrogens is 349 g/mol. The molecule has 1 heterocycles. The van der Waals surface area contributed by atoms with Crippen molar-refractivity contribution in [3.05, 3.63) is 59.5 Å². The Bertz CT molecular complexity index is 918. The molecule has 1 amide bonds. The summed E-state index contributed by atoms with van der Waals surface area (Å²) in [6, 6.07) is 11.3. The van der Waals surface area contributed by atoms with Crippen molar-refractivity contribution >= 4 is 22.7 Å². The maximum absolute atomic E-state index is 12.3. The molecule has 0 radical (unpaired) electrons. The van der Waals surface area contributed by atoms with Crippen molar-refractivity contribution in [1.29, 1.82) is 0 Å². The summed E-state index contributed by atoms with van der Waals surface area (Å²) >= 11 is 0. The number of ether oxygens (including phenoxy) is 1. The van der Waals surface area contributed by atoms with Crippen LogP contribution in [-0.4, -0.2) is 23.7 Å². The zero-order chi connectivity index (χ0) is 18.7. The normalized spacial score (nSPS) is 11.7. The maximum Gasteiger partial charge on any atom is 0.411 e. The van der Waals surface area contributed by atoms with Gasteiger partial charge in [-0.2, -0.15) is 13.2 Å². The minimum atomic E-state index is -4.36. The van der Waals surface area contributed by atoms with E-state index in [0.717, 1.165) is 0 Å². The lowest BCUT2D eigenvalue weighted by Gasteiger charge is -2.08. The minimum absolute atomic E-state index is 0.177. The molecule has 1 aromatic heterocycles. The van der Waals surface area contributed by atoms with Crippen LogP contribution >= 0.6 is 0 Å². The fraction of sp³-hybridized carbons (Fsp3) is 0.222. The molecule has 8 heteroatoms. The fourth-order valence-corrected chi connectivity index (χ4v) is 2.36. The number of nitrogens with one attached hydrogen (secondary N) is 1. The molecule has 3 aromatic rings. The van der Waals surface area contributed by atoms with Crippen LogP contribution in [0.4, 0.5) is 18.9 Å². The van der Waals surface area contributed by atoms with Crippen LogP contribution in [0.2, 0.25) is 0 Å². The van der Waals surface area contributed by atoms with Crippen LogP contribution in [0, 0.1) is 6.92 Å². The summed E-state index contributed by atoms with van der Waals surface area (Å²) in [5, 5.41) is 2.74. The van der Waals surface area contributed by atoms with E-state index in [4.69, 9.17) is 4.42 Å². The second-order valence-corrected chi connectivity index (χ2v) is 5.67. The van der Waals surface area contributed by atoms with Gasteiger partial charge < -0.3 is 14.5 Å². The van der Waals surface area contributed by atoms with Gasteiger partial charge in [0.15, 0.2) is 11.5 Å². The van der Waals surface area contributed by atoms with Gasteiger partial charge >= 0.3 is 6.18 Å². The predicted octanol–water partition coefficient (Wildman–Crippen LogP) is 4.47. The molecule has 0 aliphatic heterocycles. The smallest absolute Gasteiger partial charge is 0.411 e. The van der Waals surface area contributed by atoms with Crippen molar-refractivity contribution in [2.75, 3.05) is 11.9 Å². The number of benzene rings is 2. The molecule has 26 heavy (non-hydrogen) atoms. The molecule has 0 bridgehead atoms. The Morgan fingerprint density at radius 3 is 2.62 bits per heavy atom. The lowest BCUT2D eigenvalue weighted by atomic mass is 10.1. The molecule has 0 unspecified atom stereocenters. The number of aromatic nitrogens is 1. The Hall–Kier alpha value is -2.87. The summed E-state index contributed by atoms with van der Waals surface area (Å²) in [5.74, 6) is 0.194. The van der Waals surface area contributed by atoms with Crippen LogP contribution < -0.4 is 5.32 Å². The van der Waals surface area contributed by atoms with Crippen LogP contribution in [0.5, 0.6) is 0 Å². The largest absolute Gasteiger partial charge is 0.441 e. The van der Waals surface area contributed by atoms with Crippen molar-refractivity contribution in [2.24, 2.45) is 0 Å². The van der Waals surface area contributed by atoms with Gasteiger partial charge in [-0.05, 0) is 35.9 Å². The minimum Gasteiger partial charge on any atom is -0.441 e. The van der Waals surface area contributed by atoms with Crippen molar-refractivity contribution in [1.82, 2.24) is 4.98 Å². The van der Waals surface area contributed by atoms with Crippen molar-refractivity contribution in [3.63, 3.8) is 0 Å². The molecule has 136 valence electrons. The van der Waals surface area contributed by atoms with Gasteiger partial charge in [-0.1, -0.05) is 12.1 Å². The Morgan fingerprint density at radius 2 is 1.92 bits per heavy atom. The van der Waals surface area contributed by atoms with Gasteiger partial charge in [0.25, 0.3) is 5.91 Å². The van der Waals surface area contributed by atoms with Gasteiger partial charge in [0, 0.05) is 18.2 Å². The second kappa shape index (κ2) is 7.17. The summed E-state index contributed by atoms with van der Waals surface area (Å²) in [6.07, 6.45) is -4.36. The Kier molecular flexibility index (Phi) is 4.94. The molecule has 0 saturated heterocycles. The van der Waals surface area contributed by atoms with Crippen molar-refractivity contribution < 1.29 is 27.1 Å². The molecule has 0 aliphatic carbocycles. The Labute approximate surface area is 146 Å². The Morgan fingerprint density at radius 1 is 1.19 bits per heavy atom. The second-order valence-electron chi connectivity index (χ2n) is 5.67. The van der Waals surface area contributed by atoms with Gasteiger partial charge in [0.05, 0.1) is 6.61 Å². The number of aryl methyl sites for hydroxylation is 1. The fourth-order valence-electron chi connectivity index (χ4n) is 2.36. The number of carbonyl (C=O) groups is 1.